The SMILES string of the molecule is Cc1cc(-c2cncs2)cc2c(N(C)C3CCC(C(N)=O)CC3)nc(C(F)(F)F)nc12. The molecule has 2 N–H and O–H groups in total. The quantitative estimate of drug-likeness (QED) is 0.631. The van der Waals surface area contributed by atoms with Gasteiger partial charge in [0.05, 0.1) is 15.9 Å². The molecule has 1 aromatic carbocycles. The highest BCUT2D eigenvalue weighted by Crippen LogP contribution is 2.38. The second kappa shape index (κ2) is 8.07. The van der Waals surface area contributed by atoms with Crippen molar-refractivity contribution in [3.05, 3.63) is 35.2 Å². The largest absolute Gasteiger partial charge is 0.451 e. The van der Waals surface area contributed by atoms with Crippen molar-refractivity contribution in [1.29, 1.82) is 0 Å². The number of amides is 1. The van der Waals surface area contributed by atoms with Gasteiger partial charge in [0.15, 0.2) is 0 Å². The van der Waals surface area contributed by atoms with E-state index in [2.05, 4.69) is 15.0 Å². The molecule has 0 radical (unpaired) electrons. The average Bonchev–Trinajstić information content (AvgIpc) is 3.27. The summed E-state index contributed by atoms with van der Waals surface area (Å²) < 4.78 is 40.7. The van der Waals surface area contributed by atoms with Crippen LogP contribution in [-0.4, -0.2) is 33.9 Å². The fourth-order valence-corrected chi connectivity index (χ4v) is 4.82. The van der Waals surface area contributed by atoms with Crippen molar-refractivity contribution in [3.8, 4) is 10.4 Å². The Kier molecular flexibility index (Phi) is 5.59. The maximum atomic E-state index is 13.6. The fraction of sp³-hybridized carbons (Fsp3) is 0.429. The van der Waals surface area contributed by atoms with Crippen molar-refractivity contribution in [3.63, 3.8) is 0 Å². The van der Waals surface area contributed by atoms with Crippen molar-refractivity contribution in [2.45, 2.75) is 44.8 Å². The monoisotopic (exact) mass is 449 g/mol. The number of hydrogen-bond acceptors (Lipinski definition) is 6. The highest BCUT2D eigenvalue weighted by atomic mass is 32.1. The molecule has 0 aliphatic heterocycles. The van der Waals surface area contributed by atoms with Crippen molar-refractivity contribution in [1.82, 2.24) is 15.0 Å². The van der Waals surface area contributed by atoms with Gasteiger partial charge in [-0.15, -0.1) is 11.3 Å². The lowest BCUT2D eigenvalue weighted by Crippen LogP contribution is -2.38. The molecule has 1 aliphatic carbocycles. The maximum Gasteiger partial charge on any atom is 0.451 e. The number of nitrogens with two attached hydrogens (primary N) is 1. The number of benzene rings is 1. The molecule has 6 nitrogen and oxygen atoms in total. The minimum absolute atomic E-state index is 0.0397. The van der Waals surface area contributed by atoms with Gasteiger partial charge >= 0.3 is 6.18 Å². The van der Waals surface area contributed by atoms with Gasteiger partial charge in [-0.3, -0.25) is 9.78 Å². The Bertz CT molecular complexity index is 1110. The summed E-state index contributed by atoms with van der Waals surface area (Å²) in [6, 6.07) is 3.61. The number of rotatable bonds is 4. The molecule has 10 heteroatoms. The van der Waals surface area contributed by atoms with Gasteiger partial charge in [-0.2, -0.15) is 13.2 Å². The van der Waals surface area contributed by atoms with Crippen LogP contribution in [0.2, 0.25) is 0 Å². The van der Waals surface area contributed by atoms with Crippen LogP contribution in [0.15, 0.2) is 23.8 Å². The Hall–Kier alpha value is -2.75. The van der Waals surface area contributed by atoms with Crippen LogP contribution in [-0.2, 0) is 11.0 Å². The number of thiazole rings is 1. The summed E-state index contributed by atoms with van der Waals surface area (Å²) in [6.07, 6.45) is -0.384. The maximum absolute atomic E-state index is 13.6. The molecular weight excluding hydrogens is 427 g/mol. The van der Waals surface area contributed by atoms with E-state index in [0.717, 1.165) is 10.4 Å². The van der Waals surface area contributed by atoms with Gasteiger partial charge in [0.1, 0.15) is 5.82 Å². The fourth-order valence-electron chi connectivity index (χ4n) is 4.21. The van der Waals surface area contributed by atoms with Gasteiger partial charge in [-0.25, -0.2) is 9.97 Å². The van der Waals surface area contributed by atoms with Crippen molar-refractivity contribution in [2.75, 3.05) is 11.9 Å². The van der Waals surface area contributed by atoms with E-state index in [1.54, 1.807) is 30.6 Å². The lowest BCUT2D eigenvalue weighted by Gasteiger charge is -2.35. The number of alkyl halides is 3. The Balaban J connectivity index is 1.82. The molecule has 3 aromatic rings. The van der Waals surface area contributed by atoms with Crippen LogP contribution >= 0.6 is 11.3 Å². The van der Waals surface area contributed by atoms with E-state index in [0.29, 0.717) is 36.6 Å². The zero-order valence-corrected chi connectivity index (χ0v) is 17.9. The second-order valence-electron chi connectivity index (χ2n) is 7.94. The molecule has 2 heterocycles. The van der Waals surface area contributed by atoms with Gasteiger partial charge in [0, 0.05) is 30.6 Å². The van der Waals surface area contributed by atoms with E-state index in [9.17, 15) is 18.0 Å². The number of fused-ring (bicyclic) bond motifs is 1. The van der Waals surface area contributed by atoms with E-state index in [4.69, 9.17) is 5.73 Å². The molecule has 1 aliphatic rings. The molecule has 1 amide bonds. The number of aryl methyl sites for hydroxylation is 1. The summed E-state index contributed by atoms with van der Waals surface area (Å²) in [5.41, 5.74) is 8.91. The Labute approximate surface area is 181 Å². The third-order valence-electron chi connectivity index (χ3n) is 5.92. The highest BCUT2D eigenvalue weighted by Gasteiger charge is 2.37. The standard InChI is InChI=1S/C21H22F3N5OS/c1-11-7-13(16-9-26-10-31-16)8-15-17(11)27-20(21(22,23)24)28-19(15)29(2)14-5-3-12(4-6-14)18(25)30/h7-10,12,14H,3-6H2,1-2H3,(H2,25,30). The summed E-state index contributed by atoms with van der Waals surface area (Å²) in [5.74, 6) is -1.41. The number of hydrogen-bond donors (Lipinski definition) is 1. The van der Waals surface area contributed by atoms with Gasteiger partial charge in [0.25, 0.3) is 0 Å². The normalized spacial score (nSPS) is 19.5. The molecule has 0 atom stereocenters. The van der Waals surface area contributed by atoms with E-state index >= 15 is 0 Å². The van der Waals surface area contributed by atoms with Crippen molar-refractivity contribution >= 4 is 34.0 Å². The number of carbonyl (C=O) groups excluding carboxylic acids is 1. The molecule has 31 heavy (non-hydrogen) atoms. The minimum Gasteiger partial charge on any atom is -0.369 e. The van der Waals surface area contributed by atoms with Gasteiger partial charge < -0.3 is 10.6 Å². The number of nitrogens with zero attached hydrogens (tertiary/aromatic N) is 4. The van der Waals surface area contributed by atoms with Crippen LogP contribution in [0.5, 0.6) is 0 Å². The Morgan fingerprint density at radius 2 is 1.90 bits per heavy atom. The predicted molar refractivity (Wildman–Crippen MR) is 114 cm³/mol. The van der Waals surface area contributed by atoms with E-state index in [1.165, 1.54) is 11.3 Å². The first-order chi connectivity index (χ1) is 14.6. The summed E-state index contributed by atoms with van der Waals surface area (Å²) >= 11 is 1.46. The zero-order chi connectivity index (χ0) is 22.3. The molecule has 2 aromatic heterocycles. The molecule has 4 rings (SSSR count). The first kappa shape index (κ1) is 21.5. The molecule has 0 spiro atoms. The number of carbonyl (C=O) groups is 1. The Morgan fingerprint density at radius 1 is 1.19 bits per heavy atom. The van der Waals surface area contributed by atoms with E-state index < -0.39 is 12.0 Å². The van der Waals surface area contributed by atoms with Crippen molar-refractivity contribution in [2.24, 2.45) is 11.7 Å². The molecule has 0 saturated heterocycles. The van der Waals surface area contributed by atoms with Gasteiger partial charge in [-0.05, 0) is 55.9 Å². The first-order valence-corrected chi connectivity index (χ1v) is 10.8. The molecule has 164 valence electrons. The van der Waals surface area contributed by atoms with Crippen LogP contribution in [0.4, 0.5) is 19.0 Å². The third kappa shape index (κ3) is 4.21. The van der Waals surface area contributed by atoms with E-state index in [-0.39, 0.29) is 29.2 Å². The summed E-state index contributed by atoms with van der Waals surface area (Å²) in [5, 5.41) is 0.566. The van der Waals surface area contributed by atoms with Crippen LogP contribution in [0.3, 0.4) is 0 Å². The predicted octanol–water partition coefficient (Wildman–Crippen LogP) is 4.56. The Morgan fingerprint density at radius 3 is 2.48 bits per heavy atom. The van der Waals surface area contributed by atoms with Gasteiger partial charge in [0.2, 0.25) is 11.7 Å². The lowest BCUT2D eigenvalue weighted by atomic mass is 9.85. The summed E-state index contributed by atoms with van der Waals surface area (Å²) in [4.78, 5) is 26.1. The summed E-state index contributed by atoms with van der Waals surface area (Å²) in [7, 11) is 1.76. The lowest BCUT2D eigenvalue weighted by molar-refractivity contribution is -0.144. The van der Waals surface area contributed by atoms with Gasteiger partial charge in [-0.1, -0.05) is 0 Å². The molecule has 0 unspecified atom stereocenters. The first-order valence-electron chi connectivity index (χ1n) is 9.95. The van der Waals surface area contributed by atoms with Crippen LogP contribution < -0.4 is 10.6 Å². The molecule has 1 saturated carbocycles. The third-order valence-corrected chi connectivity index (χ3v) is 6.74. The highest BCUT2D eigenvalue weighted by molar-refractivity contribution is 7.13. The second-order valence-corrected chi connectivity index (χ2v) is 8.83. The smallest absolute Gasteiger partial charge is 0.369 e. The van der Waals surface area contributed by atoms with Crippen LogP contribution in [0.1, 0.15) is 37.1 Å². The molecule has 1 fully saturated rings. The molecule has 0 bridgehead atoms. The van der Waals surface area contributed by atoms with Crippen LogP contribution in [0, 0.1) is 12.8 Å². The average molecular weight is 450 g/mol. The topological polar surface area (TPSA) is 85.0 Å². The van der Waals surface area contributed by atoms with E-state index in [1.807, 2.05) is 12.1 Å². The summed E-state index contributed by atoms with van der Waals surface area (Å²) in [6.45, 7) is 1.75. The zero-order valence-electron chi connectivity index (χ0n) is 17.1. The number of aromatic nitrogens is 3. The van der Waals surface area contributed by atoms with Crippen molar-refractivity contribution < 1.29 is 18.0 Å². The molecular formula is C21H22F3N5OS. The minimum atomic E-state index is -4.66. The number of anilines is 1. The van der Waals surface area contributed by atoms with Crippen LogP contribution in [0.25, 0.3) is 21.3 Å². The number of primary amides is 1. The number of halogens is 3.